The summed E-state index contributed by atoms with van der Waals surface area (Å²) in [5, 5.41) is 22.5. The number of carbonyl (C=O) groups excluding carboxylic acids is 1. The van der Waals surface area contributed by atoms with Gasteiger partial charge in [-0.15, -0.1) is 0 Å². The number of hydrogen-bond donors (Lipinski definition) is 3. The summed E-state index contributed by atoms with van der Waals surface area (Å²) in [4.78, 5) is 31.7. The van der Waals surface area contributed by atoms with Crippen LogP contribution in [0.2, 0.25) is 0 Å². The maximum Gasteiger partial charge on any atom is 0.336 e. The van der Waals surface area contributed by atoms with Gasteiger partial charge in [-0.2, -0.15) is 0 Å². The van der Waals surface area contributed by atoms with Crippen molar-refractivity contribution in [3.8, 4) is 0 Å². The minimum Gasteiger partial charge on any atom is -0.478 e. The largest absolute Gasteiger partial charge is 0.478 e. The third-order valence-electron chi connectivity index (χ3n) is 2.51. The number of hydrogen-bond acceptors (Lipinski definition) is 5. The van der Waals surface area contributed by atoms with Crippen LogP contribution in [0.1, 0.15) is 22.3 Å². The van der Waals surface area contributed by atoms with Crippen LogP contribution in [0.3, 0.4) is 0 Å². The van der Waals surface area contributed by atoms with Gasteiger partial charge in [0.25, 0.3) is 5.69 Å². The van der Waals surface area contributed by atoms with E-state index in [1.54, 1.807) is 0 Å². The molecule has 0 atom stereocenters. The Morgan fingerprint density at radius 3 is 2.58 bits per heavy atom. The van der Waals surface area contributed by atoms with Crippen LogP contribution in [-0.4, -0.2) is 28.5 Å². The zero-order valence-electron chi connectivity index (χ0n) is 10.2. The quantitative estimate of drug-likeness (QED) is 0.517. The molecule has 102 valence electrons. The molecule has 8 nitrogen and oxygen atoms in total. The van der Waals surface area contributed by atoms with Crippen molar-refractivity contribution in [3.05, 3.63) is 33.4 Å². The first-order valence-corrected chi connectivity index (χ1v) is 5.37. The number of rotatable bonds is 6. The highest BCUT2D eigenvalue weighted by Gasteiger charge is 2.18. The molecule has 4 N–H and O–H groups in total. The summed E-state index contributed by atoms with van der Waals surface area (Å²) < 4.78 is 0. The van der Waals surface area contributed by atoms with E-state index >= 15 is 0 Å². The summed E-state index contributed by atoms with van der Waals surface area (Å²) in [6, 6.07) is 2.28. The molecule has 0 aliphatic carbocycles. The fourth-order valence-corrected chi connectivity index (χ4v) is 1.52. The van der Waals surface area contributed by atoms with E-state index in [4.69, 9.17) is 10.8 Å². The fraction of sp³-hybridized carbons (Fsp3) is 0.273. The van der Waals surface area contributed by atoms with E-state index in [0.717, 1.165) is 6.07 Å². The Morgan fingerprint density at radius 1 is 1.47 bits per heavy atom. The van der Waals surface area contributed by atoms with Gasteiger partial charge < -0.3 is 16.2 Å². The molecule has 1 aromatic carbocycles. The van der Waals surface area contributed by atoms with Crippen LogP contribution in [0.25, 0.3) is 0 Å². The number of carboxylic acid groups (broad SMARTS) is 1. The lowest BCUT2D eigenvalue weighted by Crippen LogP contribution is -2.16. The molecule has 0 unspecified atom stereocenters. The predicted molar refractivity (Wildman–Crippen MR) is 67.1 cm³/mol. The molecule has 0 saturated carbocycles. The molecule has 0 bridgehead atoms. The van der Waals surface area contributed by atoms with Gasteiger partial charge in [0.15, 0.2) is 0 Å². The van der Waals surface area contributed by atoms with Gasteiger partial charge in [0, 0.05) is 30.3 Å². The van der Waals surface area contributed by atoms with Gasteiger partial charge in [-0.3, -0.25) is 14.9 Å². The lowest BCUT2D eigenvalue weighted by Gasteiger charge is -2.10. The number of carbonyl (C=O) groups is 2. The number of carboxylic acids is 1. The molecule has 0 aliphatic rings. The number of amides is 1. The van der Waals surface area contributed by atoms with Gasteiger partial charge >= 0.3 is 5.97 Å². The summed E-state index contributed by atoms with van der Waals surface area (Å²) in [6.45, 7) is 1.67. The second-order valence-corrected chi connectivity index (χ2v) is 3.87. The Kier molecular flexibility index (Phi) is 4.41. The highest BCUT2D eigenvalue weighted by atomic mass is 16.6. The number of nitro benzene ring substituents is 1. The van der Waals surface area contributed by atoms with Crippen LogP contribution in [-0.2, 0) is 4.79 Å². The van der Waals surface area contributed by atoms with E-state index in [-0.39, 0.29) is 24.2 Å². The van der Waals surface area contributed by atoms with Crippen molar-refractivity contribution in [2.45, 2.75) is 13.3 Å². The molecule has 1 amide bonds. The monoisotopic (exact) mass is 267 g/mol. The fourth-order valence-electron chi connectivity index (χ4n) is 1.52. The molecule has 0 heterocycles. The predicted octanol–water partition coefficient (Wildman–Crippen LogP) is 0.889. The third-order valence-corrected chi connectivity index (χ3v) is 2.51. The minimum atomic E-state index is -1.26. The van der Waals surface area contributed by atoms with Crippen molar-refractivity contribution >= 4 is 23.3 Å². The normalized spacial score (nSPS) is 9.95. The van der Waals surface area contributed by atoms with Crippen LogP contribution in [0.4, 0.5) is 11.4 Å². The maximum absolute atomic E-state index is 10.9. The Bertz CT molecular complexity index is 541. The molecule has 0 aromatic heterocycles. The van der Waals surface area contributed by atoms with Crippen molar-refractivity contribution in [2.24, 2.45) is 5.73 Å². The molecule has 8 heteroatoms. The first kappa shape index (κ1) is 14.4. The van der Waals surface area contributed by atoms with Crippen LogP contribution in [0.15, 0.2) is 12.1 Å². The standard InChI is InChI=1S/C11H13N3O5/c1-6-8(13-3-2-10(12)15)4-7(11(16)17)5-9(6)14(18)19/h4-5,13H,2-3H2,1H3,(H2,12,15)(H,16,17). The zero-order chi connectivity index (χ0) is 14.6. The van der Waals surface area contributed by atoms with Crippen molar-refractivity contribution in [3.63, 3.8) is 0 Å². The summed E-state index contributed by atoms with van der Waals surface area (Å²) in [6.07, 6.45) is 0.0462. The van der Waals surface area contributed by atoms with Gasteiger partial charge in [0.2, 0.25) is 5.91 Å². The maximum atomic E-state index is 10.9. The topological polar surface area (TPSA) is 136 Å². The average molecular weight is 267 g/mol. The van der Waals surface area contributed by atoms with E-state index in [0.29, 0.717) is 11.3 Å². The van der Waals surface area contributed by atoms with Crippen LogP contribution >= 0.6 is 0 Å². The molecule has 0 radical (unpaired) electrons. The molecule has 1 rings (SSSR count). The van der Waals surface area contributed by atoms with E-state index in [1.807, 2.05) is 0 Å². The third kappa shape index (κ3) is 3.66. The van der Waals surface area contributed by atoms with Crippen LogP contribution in [0, 0.1) is 17.0 Å². The second kappa shape index (κ2) is 5.80. The van der Waals surface area contributed by atoms with Gasteiger partial charge in [-0.1, -0.05) is 0 Å². The Balaban J connectivity index is 3.11. The molecular formula is C11H13N3O5. The molecular weight excluding hydrogens is 254 g/mol. The Morgan fingerprint density at radius 2 is 2.11 bits per heavy atom. The summed E-state index contributed by atoms with van der Waals surface area (Å²) >= 11 is 0. The number of anilines is 1. The number of nitrogens with two attached hydrogens (primary N) is 1. The van der Waals surface area contributed by atoms with Gasteiger partial charge in [-0.25, -0.2) is 4.79 Å². The number of nitrogens with one attached hydrogen (secondary N) is 1. The lowest BCUT2D eigenvalue weighted by atomic mass is 10.1. The van der Waals surface area contributed by atoms with E-state index < -0.39 is 16.8 Å². The van der Waals surface area contributed by atoms with Crippen LogP contribution < -0.4 is 11.1 Å². The molecule has 0 saturated heterocycles. The van der Waals surface area contributed by atoms with Crippen molar-refractivity contribution in [2.75, 3.05) is 11.9 Å². The highest BCUT2D eigenvalue weighted by molar-refractivity contribution is 5.90. The van der Waals surface area contributed by atoms with Crippen LogP contribution in [0.5, 0.6) is 0 Å². The van der Waals surface area contributed by atoms with Gasteiger partial charge in [0.1, 0.15) is 0 Å². The van der Waals surface area contributed by atoms with E-state index in [9.17, 15) is 19.7 Å². The lowest BCUT2D eigenvalue weighted by molar-refractivity contribution is -0.385. The smallest absolute Gasteiger partial charge is 0.336 e. The molecule has 0 fully saturated rings. The van der Waals surface area contributed by atoms with Gasteiger partial charge in [-0.05, 0) is 13.0 Å². The molecule has 0 aliphatic heterocycles. The number of benzene rings is 1. The number of nitrogens with zero attached hydrogens (tertiary/aromatic N) is 1. The van der Waals surface area contributed by atoms with Gasteiger partial charge in [0.05, 0.1) is 10.5 Å². The minimum absolute atomic E-state index is 0.0462. The van der Waals surface area contributed by atoms with Crippen molar-refractivity contribution in [1.82, 2.24) is 0 Å². The van der Waals surface area contributed by atoms with E-state index in [2.05, 4.69) is 5.32 Å². The Hall–Kier alpha value is -2.64. The number of aromatic carboxylic acids is 1. The molecule has 19 heavy (non-hydrogen) atoms. The first-order valence-electron chi connectivity index (χ1n) is 5.37. The number of primary amides is 1. The SMILES string of the molecule is Cc1c(NCCC(N)=O)cc(C(=O)O)cc1[N+](=O)[O-]. The highest BCUT2D eigenvalue weighted by Crippen LogP contribution is 2.27. The second-order valence-electron chi connectivity index (χ2n) is 3.87. The summed E-state index contributed by atoms with van der Waals surface area (Å²) in [5.74, 6) is -1.78. The summed E-state index contributed by atoms with van der Waals surface area (Å²) in [7, 11) is 0. The van der Waals surface area contributed by atoms with Crippen molar-refractivity contribution < 1.29 is 19.6 Å². The zero-order valence-corrected chi connectivity index (χ0v) is 10.2. The number of nitro groups is 1. The van der Waals surface area contributed by atoms with E-state index in [1.165, 1.54) is 13.0 Å². The first-order chi connectivity index (χ1) is 8.82. The molecule has 0 spiro atoms. The van der Waals surface area contributed by atoms with Crippen molar-refractivity contribution in [1.29, 1.82) is 0 Å². The molecule has 1 aromatic rings. The average Bonchev–Trinajstić information content (AvgIpc) is 2.30. The summed E-state index contributed by atoms with van der Waals surface area (Å²) in [5.41, 5.74) is 5.09. The Labute approximate surface area is 108 Å².